The minimum Gasteiger partial charge on any atom is -0.508 e. The molecule has 0 fully saturated rings. The molecule has 0 saturated heterocycles. The Morgan fingerprint density at radius 3 is 2.02 bits per heavy atom. The summed E-state index contributed by atoms with van der Waals surface area (Å²) >= 11 is 0. The topological polar surface area (TPSA) is 108 Å². The van der Waals surface area contributed by atoms with Crippen LogP contribution in [0, 0.1) is 27.7 Å². The van der Waals surface area contributed by atoms with E-state index in [9.17, 15) is 19.5 Å². The van der Waals surface area contributed by atoms with Gasteiger partial charge in [0, 0.05) is 17.6 Å². The lowest BCUT2D eigenvalue weighted by Crippen LogP contribution is -2.59. The van der Waals surface area contributed by atoms with E-state index in [1.807, 2.05) is 84.9 Å². The molecule has 0 bridgehead atoms. The third-order valence-electron chi connectivity index (χ3n) is 8.09. The van der Waals surface area contributed by atoms with E-state index >= 15 is 0 Å². The van der Waals surface area contributed by atoms with Crippen LogP contribution in [0.5, 0.6) is 5.75 Å². The number of amides is 3. The van der Waals surface area contributed by atoms with Crippen molar-refractivity contribution in [1.29, 1.82) is 0 Å². The number of aryl methyl sites for hydroxylation is 4. The molecule has 3 aromatic rings. The van der Waals surface area contributed by atoms with Crippen LogP contribution in [-0.4, -0.2) is 45.1 Å². The summed E-state index contributed by atoms with van der Waals surface area (Å²) in [7, 11) is 0. The number of hydrogen-bond acceptors (Lipinski definition) is 5. The molecule has 2 unspecified atom stereocenters. The Morgan fingerprint density at radius 1 is 0.867 bits per heavy atom. The zero-order valence-electron chi connectivity index (χ0n) is 28.4. The number of phenols is 1. The fourth-order valence-electron chi connectivity index (χ4n) is 5.29. The zero-order chi connectivity index (χ0) is 33.7. The standard InChI is InChI=1S/C37H49N3O5/c1-11-37(9,10)40(34(43)30(38-35(44)45-36(6,7)8)22-27-17-19-28(41)20-18-27)32(29-21-23(2)15-16-24(29)3)33(42)39-31-25(4)13-12-14-26(31)5/h12-21,30,32,41H,11,22H2,1-10H3,(H,38,44)(H,39,42). The Bertz CT molecular complexity index is 1500. The Morgan fingerprint density at radius 2 is 1.47 bits per heavy atom. The summed E-state index contributed by atoms with van der Waals surface area (Å²) in [5.74, 6) is -0.686. The van der Waals surface area contributed by atoms with Gasteiger partial charge in [0.25, 0.3) is 5.91 Å². The van der Waals surface area contributed by atoms with Gasteiger partial charge in [0.1, 0.15) is 23.4 Å². The number of nitrogens with zero attached hydrogens (tertiary/aromatic N) is 1. The average Bonchev–Trinajstić information content (AvgIpc) is 2.94. The third-order valence-corrected chi connectivity index (χ3v) is 8.09. The van der Waals surface area contributed by atoms with Crippen LogP contribution in [0.3, 0.4) is 0 Å². The van der Waals surface area contributed by atoms with Crippen molar-refractivity contribution < 1.29 is 24.2 Å². The van der Waals surface area contributed by atoms with E-state index in [1.165, 1.54) is 12.1 Å². The summed E-state index contributed by atoms with van der Waals surface area (Å²) in [6.07, 6.45) is -0.0841. The van der Waals surface area contributed by atoms with Gasteiger partial charge in [0.2, 0.25) is 5.91 Å². The van der Waals surface area contributed by atoms with Crippen molar-refractivity contribution in [3.05, 3.63) is 94.0 Å². The number of phenolic OH excluding ortho intramolecular Hbond substituents is 1. The number of ether oxygens (including phenoxy) is 1. The molecule has 3 aromatic carbocycles. The Hall–Kier alpha value is -4.33. The maximum Gasteiger partial charge on any atom is 0.408 e. The van der Waals surface area contributed by atoms with Crippen LogP contribution in [0.2, 0.25) is 0 Å². The predicted molar refractivity (Wildman–Crippen MR) is 179 cm³/mol. The first-order valence-corrected chi connectivity index (χ1v) is 15.5. The molecule has 0 aromatic heterocycles. The first-order chi connectivity index (χ1) is 20.9. The quantitative estimate of drug-likeness (QED) is 0.219. The number of carbonyl (C=O) groups is 3. The van der Waals surface area contributed by atoms with Crippen molar-refractivity contribution in [2.75, 3.05) is 5.32 Å². The second kappa shape index (κ2) is 14.2. The summed E-state index contributed by atoms with van der Waals surface area (Å²) in [5, 5.41) is 15.8. The van der Waals surface area contributed by atoms with Gasteiger partial charge in [-0.25, -0.2) is 4.79 Å². The van der Waals surface area contributed by atoms with Gasteiger partial charge in [-0.3, -0.25) is 9.59 Å². The average molecular weight is 616 g/mol. The molecule has 8 nitrogen and oxygen atoms in total. The highest BCUT2D eigenvalue weighted by atomic mass is 16.6. The van der Waals surface area contributed by atoms with Crippen molar-refractivity contribution in [3.63, 3.8) is 0 Å². The predicted octanol–water partition coefficient (Wildman–Crippen LogP) is 7.46. The molecule has 8 heteroatoms. The summed E-state index contributed by atoms with van der Waals surface area (Å²) in [6.45, 7) is 18.9. The van der Waals surface area contributed by atoms with Gasteiger partial charge in [-0.15, -0.1) is 0 Å². The maximum atomic E-state index is 14.9. The van der Waals surface area contributed by atoms with E-state index in [-0.39, 0.29) is 18.1 Å². The molecule has 0 aliphatic rings. The molecule has 0 radical (unpaired) electrons. The number of aromatic hydroxyl groups is 1. The highest BCUT2D eigenvalue weighted by molar-refractivity contribution is 6.00. The zero-order valence-corrected chi connectivity index (χ0v) is 28.4. The number of rotatable bonds is 10. The lowest BCUT2D eigenvalue weighted by Gasteiger charge is -2.45. The molecule has 0 heterocycles. The van der Waals surface area contributed by atoms with Crippen molar-refractivity contribution >= 4 is 23.6 Å². The van der Waals surface area contributed by atoms with Gasteiger partial charge in [0.15, 0.2) is 0 Å². The van der Waals surface area contributed by atoms with Crippen LogP contribution in [0.4, 0.5) is 10.5 Å². The number of alkyl carbamates (subject to hydrolysis) is 1. The molecule has 3 amide bonds. The monoisotopic (exact) mass is 615 g/mol. The van der Waals surface area contributed by atoms with Crippen LogP contribution in [-0.2, 0) is 20.7 Å². The molecule has 0 aliphatic carbocycles. The SMILES string of the molecule is CCC(C)(C)N(C(=O)C(Cc1ccc(O)cc1)NC(=O)OC(C)(C)C)C(C(=O)Nc1c(C)cccc1C)c1cc(C)ccc1C. The number of anilines is 1. The molecular formula is C37H49N3O5. The van der Waals surface area contributed by atoms with E-state index in [0.717, 1.165) is 27.8 Å². The fourth-order valence-corrected chi connectivity index (χ4v) is 5.29. The van der Waals surface area contributed by atoms with E-state index in [1.54, 1.807) is 37.8 Å². The Balaban J connectivity index is 2.22. The third kappa shape index (κ3) is 9.10. The van der Waals surface area contributed by atoms with Crippen molar-refractivity contribution in [3.8, 4) is 5.75 Å². The van der Waals surface area contributed by atoms with Crippen molar-refractivity contribution in [2.45, 2.75) is 105 Å². The first kappa shape index (κ1) is 35.2. The lowest BCUT2D eigenvalue weighted by atomic mass is 9.89. The normalized spacial score (nSPS) is 13.0. The molecule has 2 atom stereocenters. The number of benzene rings is 3. The van der Waals surface area contributed by atoms with Gasteiger partial charge < -0.3 is 25.4 Å². The van der Waals surface area contributed by atoms with Gasteiger partial charge in [-0.05, 0) is 109 Å². The Labute approximate surface area is 268 Å². The highest BCUT2D eigenvalue weighted by Gasteiger charge is 2.44. The van der Waals surface area contributed by atoms with Gasteiger partial charge >= 0.3 is 6.09 Å². The lowest BCUT2D eigenvalue weighted by molar-refractivity contribution is -0.147. The molecule has 0 spiro atoms. The van der Waals surface area contributed by atoms with E-state index in [4.69, 9.17) is 4.74 Å². The van der Waals surface area contributed by atoms with Crippen molar-refractivity contribution in [2.24, 2.45) is 0 Å². The minimum absolute atomic E-state index is 0.0913. The van der Waals surface area contributed by atoms with Crippen LogP contribution in [0.1, 0.15) is 87.4 Å². The smallest absolute Gasteiger partial charge is 0.408 e. The molecule has 3 rings (SSSR count). The summed E-state index contributed by atoms with van der Waals surface area (Å²) in [5.41, 5.74) is 4.17. The summed E-state index contributed by atoms with van der Waals surface area (Å²) in [4.78, 5) is 44.3. The van der Waals surface area contributed by atoms with Crippen LogP contribution >= 0.6 is 0 Å². The minimum atomic E-state index is -1.07. The maximum absolute atomic E-state index is 14.9. The van der Waals surface area contributed by atoms with Crippen LogP contribution < -0.4 is 10.6 Å². The summed E-state index contributed by atoms with van der Waals surface area (Å²) in [6, 6.07) is 16.1. The molecule has 45 heavy (non-hydrogen) atoms. The second-order valence-electron chi connectivity index (χ2n) is 13.5. The molecule has 3 N–H and O–H groups in total. The van der Waals surface area contributed by atoms with Gasteiger partial charge in [-0.1, -0.05) is 61.0 Å². The van der Waals surface area contributed by atoms with Crippen molar-refractivity contribution in [1.82, 2.24) is 10.2 Å². The molecular weight excluding hydrogens is 566 g/mol. The number of para-hydroxylation sites is 1. The van der Waals surface area contributed by atoms with Crippen LogP contribution in [0.15, 0.2) is 60.7 Å². The largest absolute Gasteiger partial charge is 0.508 e. The van der Waals surface area contributed by atoms with E-state index < -0.39 is 35.2 Å². The van der Waals surface area contributed by atoms with Crippen LogP contribution in [0.25, 0.3) is 0 Å². The van der Waals surface area contributed by atoms with E-state index in [2.05, 4.69) is 10.6 Å². The number of nitrogens with one attached hydrogen (secondary N) is 2. The first-order valence-electron chi connectivity index (χ1n) is 15.5. The summed E-state index contributed by atoms with van der Waals surface area (Å²) < 4.78 is 5.56. The number of carbonyl (C=O) groups excluding carboxylic acids is 3. The molecule has 0 saturated carbocycles. The van der Waals surface area contributed by atoms with Gasteiger partial charge in [-0.2, -0.15) is 0 Å². The second-order valence-corrected chi connectivity index (χ2v) is 13.5. The highest BCUT2D eigenvalue weighted by Crippen LogP contribution is 2.36. The number of hydrogen-bond donors (Lipinski definition) is 3. The van der Waals surface area contributed by atoms with E-state index in [0.29, 0.717) is 17.7 Å². The Kier molecular flexibility index (Phi) is 11.1. The fraction of sp³-hybridized carbons (Fsp3) is 0.432. The molecule has 0 aliphatic heterocycles. The molecule has 242 valence electrons. The van der Waals surface area contributed by atoms with Gasteiger partial charge in [0.05, 0.1) is 0 Å².